The summed E-state index contributed by atoms with van der Waals surface area (Å²) in [6.07, 6.45) is -0.548. The van der Waals surface area contributed by atoms with Crippen LogP contribution < -0.4 is 5.32 Å². The molecule has 0 bridgehead atoms. The lowest BCUT2D eigenvalue weighted by atomic mass is 10.1. The number of carbonyl (C=O) groups is 2. The molecule has 2 atom stereocenters. The van der Waals surface area contributed by atoms with E-state index in [0.29, 0.717) is 25.0 Å². The van der Waals surface area contributed by atoms with Gasteiger partial charge < -0.3 is 14.8 Å². The molecular formula is C15H29NO4. The number of nitrogens with one attached hydrogen (secondary N) is 1. The van der Waals surface area contributed by atoms with Crippen molar-refractivity contribution in [3.05, 3.63) is 0 Å². The summed E-state index contributed by atoms with van der Waals surface area (Å²) in [4.78, 5) is 23.4. The predicted molar refractivity (Wildman–Crippen MR) is 78.3 cm³/mol. The van der Waals surface area contributed by atoms with Gasteiger partial charge in [0.25, 0.3) is 5.91 Å². The molecule has 0 saturated carbocycles. The van der Waals surface area contributed by atoms with Gasteiger partial charge in [0.05, 0.1) is 0 Å². The molecule has 0 rings (SSSR count). The lowest BCUT2D eigenvalue weighted by molar-refractivity contribution is -0.165. The van der Waals surface area contributed by atoms with Gasteiger partial charge in [0.1, 0.15) is 0 Å². The summed E-state index contributed by atoms with van der Waals surface area (Å²) < 4.78 is 10.5. The largest absolute Gasteiger partial charge is 0.451 e. The van der Waals surface area contributed by atoms with E-state index in [1.54, 1.807) is 13.8 Å². The van der Waals surface area contributed by atoms with Crippen molar-refractivity contribution in [3.8, 4) is 0 Å². The van der Waals surface area contributed by atoms with Gasteiger partial charge in [-0.25, -0.2) is 4.79 Å². The Bertz CT molecular complexity index is 302. The van der Waals surface area contributed by atoms with Crippen molar-refractivity contribution in [3.63, 3.8) is 0 Å². The quantitative estimate of drug-likeness (QED) is 0.660. The van der Waals surface area contributed by atoms with Gasteiger partial charge in [0, 0.05) is 13.2 Å². The number of esters is 1. The van der Waals surface area contributed by atoms with Crippen LogP contribution in [0.15, 0.2) is 0 Å². The molecule has 0 saturated heterocycles. The predicted octanol–water partition coefficient (Wildman–Crippen LogP) is 2.14. The maximum Gasteiger partial charge on any atom is 0.335 e. The van der Waals surface area contributed by atoms with Crippen LogP contribution in [0.2, 0.25) is 0 Å². The van der Waals surface area contributed by atoms with Crippen LogP contribution in [0, 0.1) is 11.8 Å². The molecule has 0 heterocycles. The molecule has 1 N–H and O–H groups in total. The van der Waals surface area contributed by atoms with E-state index in [-0.39, 0.29) is 5.91 Å². The molecule has 0 fully saturated rings. The summed E-state index contributed by atoms with van der Waals surface area (Å²) in [6, 6.07) is 0. The SMILES string of the molecule is CC(C)CCOC(C)C(=O)OC(C)C(=O)NCC(C)C. The summed E-state index contributed by atoms with van der Waals surface area (Å²) in [6.45, 7) is 12.5. The highest BCUT2D eigenvalue weighted by Crippen LogP contribution is 2.04. The van der Waals surface area contributed by atoms with Crippen molar-refractivity contribution in [1.82, 2.24) is 5.32 Å². The second-order valence-electron chi connectivity index (χ2n) is 5.91. The third-order valence-corrected chi connectivity index (χ3v) is 2.74. The number of rotatable bonds is 9. The van der Waals surface area contributed by atoms with E-state index in [9.17, 15) is 9.59 Å². The average molecular weight is 287 g/mol. The Labute approximate surface area is 122 Å². The molecule has 0 spiro atoms. The molecule has 118 valence electrons. The van der Waals surface area contributed by atoms with Gasteiger partial charge in [-0.1, -0.05) is 27.7 Å². The van der Waals surface area contributed by atoms with Gasteiger partial charge in [-0.3, -0.25) is 4.79 Å². The van der Waals surface area contributed by atoms with Crippen LogP contribution >= 0.6 is 0 Å². The molecule has 0 aliphatic carbocycles. The summed E-state index contributed by atoms with van der Waals surface area (Å²) in [7, 11) is 0. The van der Waals surface area contributed by atoms with Crippen LogP contribution in [0.5, 0.6) is 0 Å². The van der Waals surface area contributed by atoms with Crippen LogP contribution in [0.3, 0.4) is 0 Å². The Morgan fingerprint density at radius 3 is 2.05 bits per heavy atom. The van der Waals surface area contributed by atoms with Crippen molar-refractivity contribution in [2.75, 3.05) is 13.2 Å². The first-order valence-corrected chi connectivity index (χ1v) is 7.33. The maximum atomic E-state index is 11.7. The Kier molecular flexibility index (Phi) is 9.21. The molecule has 5 heteroatoms. The van der Waals surface area contributed by atoms with Gasteiger partial charge in [0.2, 0.25) is 0 Å². The molecule has 0 aliphatic heterocycles. The molecule has 0 aliphatic rings. The van der Waals surface area contributed by atoms with E-state index in [2.05, 4.69) is 19.2 Å². The third kappa shape index (κ3) is 8.91. The fraction of sp³-hybridized carbons (Fsp3) is 0.867. The maximum absolute atomic E-state index is 11.7. The monoisotopic (exact) mass is 287 g/mol. The number of carbonyl (C=O) groups excluding carboxylic acids is 2. The topological polar surface area (TPSA) is 64.6 Å². The van der Waals surface area contributed by atoms with E-state index >= 15 is 0 Å². The van der Waals surface area contributed by atoms with Gasteiger partial charge >= 0.3 is 5.97 Å². The first kappa shape index (κ1) is 18.9. The molecule has 20 heavy (non-hydrogen) atoms. The molecule has 0 aromatic heterocycles. The molecule has 0 radical (unpaired) electrons. The Balaban J connectivity index is 4.01. The van der Waals surface area contributed by atoms with Crippen molar-refractivity contribution >= 4 is 11.9 Å². The average Bonchev–Trinajstić information content (AvgIpc) is 2.34. The summed E-state index contributed by atoms with van der Waals surface area (Å²) in [5.41, 5.74) is 0. The van der Waals surface area contributed by atoms with E-state index in [4.69, 9.17) is 9.47 Å². The summed E-state index contributed by atoms with van der Waals surface area (Å²) >= 11 is 0. The standard InChI is InChI=1S/C15H29NO4/c1-10(2)7-8-19-13(6)15(18)20-12(5)14(17)16-9-11(3)4/h10-13H,7-9H2,1-6H3,(H,16,17). The minimum atomic E-state index is -0.794. The lowest BCUT2D eigenvalue weighted by Crippen LogP contribution is -2.39. The molecule has 1 amide bonds. The Morgan fingerprint density at radius 1 is 0.950 bits per heavy atom. The highest BCUT2D eigenvalue weighted by atomic mass is 16.6. The first-order valence-electron chi connectivity index (χ1n) is 7.33. The van der Waals surface area contributed by atoms with Crippen LogP contribution in [0.25, 0.3) is 0 Å². The zero-order chi connectivity index (χ0) is 15.7. The summed E-state index contributed by atoms with van der Waals surface area (Å²) in [5, 5.41) is 2.73. The Hall–Kier alpha value is -1.10. The normalized spacial score (nSPS) is 14.2. The molecule has 5 nitrogen and oxygen atoms in total. The molecule has 2 unspecified atom stereocenters. The van der Waals surface area contributed by atoms with Gasteiger partial charge in [-0.05, 0) is 32.1 Å². The zero-order valence-corrected chi connectivity index (χ0v) is 13.6. The highest BCUT2D eigenvalue weighted by molar-refractivity contribution is 5.84. The number of hydrogen-bond donors (Lipinski definition) is 1. The third-order valence-electron chi connectivity index (χ3n) is 2.74. The lowest BCUT2D eigenvalue weighted by Gasteiger charge is -2.18. The zero-order valence-electron chi connectivity index (χ0n) is 13.6. The minimum absolute atomic E-state index is 0.276. The molecule has 0 aromatic rings. The van der Waals surface area contributed by atoms with Gasteiger partial charge in [-0.15, -0.1) is 0 Å². The fourth-order valence-corrected chi connectivity index (χ4v) is 1.32. The van der Waals surface area contributed by atoms with Crippen molar-refractivity contribution < 1.29 is 19.1 Å². The van der Waals surface area contributed by atoms with E-state index in [1.807, 2.05) is 13.8 Å². The van der Waals surface area contributed by atoms with Crippen LogP contribution in [0.1, 0.15) is 48.0 Å². The second kappa shape index (κ2) is 9.75. The van der Waals surface area contributed by atoms with Gasteiger partial charge in [0.15, 0.2) is 12.2 Å². The van der Waals surface area contributed by atoms with E-state index in [1.165, 1.54) is 0 Å². The minimum Gasteiger partial charge on any atom is -0.451 e. The molecule has 0 aromatic carbocycles. The second-order valence-corrected chi connectivity index (χ2v) is 5.91. The van der Waals surface area contributed by atoms with Crippen LogP contribution in [-0.4, -0.2) is 37.2 Å². The van der Waals surface area contributed by atoms with Crippen molar-refractivity contribution in [2.45, 2.75) is 60.2 Å². The number of amides is 1. The van der Waals surface area contributed by atoms with Gasteiger partial charge in [-0.2, -0.15) is 0 Å². The first-order chi connectivity index (χ1) is 9.23. The summed E-state index contributed by atoms with van der Waals surface area (Å²) in [5.74, 6) is 0.112. The number of ether oxygens (including phenoxy) is 2. The van der Waals surface area contributed by atoms with Crippen molar-refractivity contribution in [2.24, 2.45) is 11.8 Å². The van der Waals surface area contributed by atoms with Crippen LogP contribution in [-0.2, 0) is 19.1 Å². The van der Waals surface area contributed by atoms with E-state index < -0.39 is 18.2 Å². The van der Waals surface area contributed by atoms with Crippen LogP contribution in [0.4, 0.5) is 0 Å². The molecular weight excluding hydrogens is 258 g/mol. The number of hydrogen-bond acceptors (Lipinski definition) is 4. The Morgan fingerprint density at radius 2 is 1.55 bits per heavy atom. The smallest absolute Gasteiger partial charge is 0.335 e. The fourth-order valence-electron chi connectivity index (χ4n) is 1.32. The van der Waals surface area contributed by atoms with E-state index in [0.717, 1.165) is 6.42 Å². The van der Waals surface area contributed by atoms with Crippen molar-refractivity contribution in [1.29, 1.82) is 0 Å². The highest BCUT2D eigenvalue weighted by Gasteiger charge is 2.22.